The summed E-state index contributed by atoms with van der Waals surface area (Å²) in [6.45, 7) is 0. The number of para-hydroxylation sites is 1. The predicted octanol–water partition coefficient (Wildman–Crippen LogP) is 13.6. The van der Waals surface area contributed by atoms with Gasteiger partial charge in [0.15, 0.2) is 5.58 Å². The molecule has 0 bridgehead atoms. The molecule has 0 aliphatic rings. The number of hydrogen-bond donors (Lipinski definition) is 0. The van der Waals surface area contributed by atoms with Crippen molar-refractivity contribution in [3.8, 4) is 22.6 Å². The molecular formula is C47H28N2O3. The van der Waals surface area contributed by atoms with Crippen molar-refractivity contribution in [2.75, 3.05) is 4.90 Å². The molecule has 5 nitrogen and oxygen atoms in total. The molecule has 11 rings (SSSR count). The maximum atomic E-state index is 6.57. The van der Waals surface area contributed by atoms with E-state index in [1.165, 1.54) is 16.3 Å². The van der Waals surface area contributed by atoms with Crippen LogP contribution < -0.4 is 4.90 Å². The van der Waals surface area contributed by atoms with Crippen LogP contribution >= 0.6 is 0 Å². The normalized spacial score (nSPS) is 11.8. The second-order valence-corrected chi connectivity index (χ2v) is 13.1. The quantitative estimate of drug-likeness (QED) is 0.183. The average Bonchev–Trinajstić information content (AvgIpc) is 3.90. The van der Waals surface area contributed by atoms with Crippen molar-refractivity contribution in [3.63, 3.8) is 0 Å². The lowest BCUT2D eigenvalue weighted by Gasteiger charge is -2.26. The molecule has 0 unspecified atom stereocenters. The fourth-order valence-electron chi connectivity index (χ4n) is 7.67. The van der Waals surface area contributed by atoms with Crippen molar-refractivity contribution in [2.45, 2.75) is 0 Å². The van der Waals surface area contributed by atoms with Crippen molar-refractivity contribution < 1.29 is 13.3 Å². The molecule has 0 aliphatic carbocycles. The molecule has 0 fully saturated rings. The number of rotatable bonds is 5. The molecule has 52 heavy (non-hydrogen) atoms. The van der Waals surface area contributed by atoms with E-state index in [1.54, 1.807) is 0 Å². The van der Waals surface area contributed by atoms with Gasteiger partial charge in [-0.15, -0.1) is 0 Å². The van der Waals surface area contributed by atoms with E-state index in [2.05, 4.69) is 120 Å². The number of aromatic nitrogens is 1. The van der Waals surface area contributed by atoms with Crippen LogP contribution in [0.5, 0.6) is 0 Å². The second-order valence-electron chi connectivity index (χ2n) is 13.1. The number of hydrogen-bond acceptors (Lipinski definition) is 5. The van der Waals surface area contributed by atoms with Crippen LogP contribution in [0.15, 0.2) is 183 Å². The van der Waals surface area contributed by atoms with Gasteiger partial charge in [0.2, 0.25) is 5.89 Å². The molecule has 0 radical (unpaired) electrons. The van der Waals surface area contributed by atoms with Crippen molar-refractivity contribution >= 4 is 82.8 Å². The number of nitrogens with zero attached hydrogens (tertiary/aromatic N) is 2. The zero-order valence-electron chi connectivity index (χ0n) is 27.8. The van der Waals surface area contributed by atoms with Gasteiger partial charge >= 0.3 is 0 Å². The van der Waals surface area contributed by atoms with Gasteiger partial charge in [-0.05, 0) is 82.6 Å². The van der Waals surface area contributed by atoms with Gasteiger partial charge in [0, 0.05) is 45.2 Å². The van der Waals surface area contributed by atoms with Crippen molar-refractivity contribution in [3.05, 3.63) is 170 Å². The Morgan fingerprint density at radius 1 is 0.404 bits per heavy atom. The molecule has 0 N–H and O–H groups in total. The third kappa shape index (κ3) is 4.46. The Hall–Kier alpha value is -7.11. The van der Waals surface area contributed by atoms with Crippen LogP contribution in [-0.4, -0.2) is 4.98 Å². The number of benzene rings is 8. The summed E-state index contributed by atoms with van der Waals surface area (Å²) in [6, 6.07) is 58.7. The van der Waals surface area contributed by atoms with Crippen molar-refractivity contribution in [1.29, 1.82) is 0 Å². The number of fused-ring (bicyclic) bond motifs is 8. The molecule has 3 heterocycles. The summed E-state index contributed by atoms with van der Waals surface area (Å²) >= 11 is 0. The Morgan fingerprint density at radius 3 is 2.02 bits per heavy atom. The van der Waals surface area contributed by atoms with Crippen LogP contribution in [0.4, 0.5) is 17.1 Å². The summed E-state index contributed by atoms with van der Waals surface area (Å²) in [5.41, 5.74) is 11.0. The Bertz CT molecular complexity index is 3130. The summed E-state index contributed by atoms with van der Waals surface area (Å²) in [7, 11) is 0. The van der Waals surface area contributed by atoms with Gasteiger partial charge in [0.1, 0.15) is 27.8 Å². The van der Waals surface area contributed by atoms with Crippen LogP contribution in [0.25, 0.3) is 88.3 Å². The van der Waals surface area contributed by atoms with Crippen molar-refractivity contribution in [1.82, 2.24) is 4.98 Å². The first-order chi connectivity index (χ1) is 25.7. The van der Waals surface area contributed by atoms with Crippen LogP contribution in [0.1, 0.15) is 0 Å². The number of furan rings is 2. The van der Waals surface area contributed by atoms with Gasteiger partial charge in [-0.25, -0.2) is 4.98 Å². The minimum Gasteiger partial charge on any atom is -0.456 e. The highest BCUT2D eigenvalue weighted by Gasteiger charge is 2.21. The monoisotopic (exact) mass is 668 g/mol. The smallest absolute Gasteiger partial charge is 0.227 e. The fraction of sp³-hybridized carbons (Fsp3) is 0. The lowest BCUT2D eigenvalue weighted by Crippen LogP contribution is -2.10. The van der Waals surface area contributed by atoms with Crippen LogP contribution in [-0.2, 0) is 0 Å². The van der Waals surface area contributed by atoms with E-state index in [9.17, 15) is 0 Å². The van der Waals surface area contributed by atoms with Crippen molar-refractivity contribution in [2.24, 2.45) is 0 Å². The molecule has 3 aromatic heterocycles. The standard InChI is InChI=1S/C47H28N2O3/c1-2-11-31(12-3-1)47-48-39-27-38-36-25-24-33(26-43(36)51-44(38)28-45(39)52-47)49(40-17-9-19-42-46(40)37-15-6-7-18-41(37)50-42)32-22-20-30(21-23-32)35-16-8-13-29-10-4-5-14-34(29)35/h1-28H. The third-order valence-corrected chi connectivity index (χ3v) is 10.1. The minimum atomic E-state index is 0.595. The summed E-state index contributed by atoms with van der Waals surface area (Å²) in [6.07, 6.45) is 0. The minimum absolute atomic E-state index is 0.595. The molecule has 8 aromatic carbocycles. The van der Waals surface area contributed by atoms with E-state index in [-0.39, 0.29) is 0 Å². The van der Waals surface area contributed by atoms with Gasteiger partial charge in [-0.3, -0.25) is 0 Å². The Balaban J connectivity index is 1.08. The largest absolute Gasteiger partial charge is 0.456 e. The average molecular weight is 669 g/mol. The zero-order chi connectivity index (χ0) is 34.2. The highest BCUT2D eigenvalue weighted by Crippen LogP contribution is 2.45. The Labute approximate surface area is 297 Å². The highest BCUT2D eigenvalue weighted by molar-refractivity contribution is 6.14. The molecule has 0 aliphatic heterocycles. The van der Waals surface area contributed by atoms with E-state index >= 15 is 0 Å². The fourth-order valence-corrected chi connectivity index (χ4v) is 7.67. The zero-order valence-corrected chi connectivity index (χ0v) is 27.8. The summed E-state index contributed by atoms with van der Waals surface area (Å²) in [4.78, 5) is 7.11. The van der Waals surface area contributed by atoms with Gasteiger partial charge < -0.3 is 18.2 Å². The van der Waals surface area contributed by atoms with Crippen LogP contribution in [0.2, 0.25) is 0 Å². The van der Waals surface area contributed by atoms with Gasteiger partial charge in [-0.1, -0.05) is 97.1 Å². The molecular weight excluding hydrogens is 641 g/mol. The number of oxazole rings is 1. The van der Waals surface area contributed by atoms with E-state index in [1.807, 2.05) is 54.6 Å². The van der Waals surface area contributed by atoms with Gasteiger partial charge in [-0.2, -0.15) is 0 Å². The topological polar surface area (TPSA) is 55.6 Å². The first-order valence-electron chi connectivity index (χ1n) is 17.4. The maximum absolute atomic E-state index is 6.57. The lowest BCUT2D eigenvalue weighted by atomic mass is 9.98. The summed E-state index contributed by atoms with van der Waals surface area (Å²) in [5, 5.41) is 6.60. The van der Waals surface area contributed by atoms with E-state index in [4.69, 9.17) is 18.2 Å². The maximum Gasteiger partial charge on any atom is 0.227 e. The van der Waals surface area contributed by atoms with Crippen LogP contribution in [0.3, 0.4) is 0 Å². The van der Waals surface area contributed by atoms with E-state index in [0.29, 0.717) is 11.5 Å². The Kier molecular flexibility index (Phi) is 6.18. The van der Waals surface area contributed by atoms with Gasteiger partial charge in [0.25, 0.3) is 0 Å². The molecule has 0 atom stereocenters. The molecule has 0 saturated heterocycles. The molecule has 0 spiro atoms. The van der Waals surface area contributed by atoms with Crippen LogP contribution in [0, 0.1) is 0 Å². The van der Waals surface area contributed by atoms with Gasteiger partial charge in [0.05, 0.1) is 11.1 Å². The molecule has 0 saturated carbocycles. The van der Waals surface area contributed by atoms with E-state index in [0.717, 1.165) is 77.6 Å². The Morgan fingerprint density at radius 2 is 1.12 bits per heavy atom. The summed E-state index contributed by atoms with van der Waals surface area (Å²) < 4.78 is 19.1. The van der Waals surface area contributed by atoms with E-state index < -0.39 is 0 Å². The SMILES string of the molecule is c1ccc(-c2nc3cc4c(cc3o2)oc2cc(N(c3ccc(-c5cccc6ccccc56)cc3)c3cccc5oc6ccccc6c35)ccc24)cc1. The number of anilines is 3. The first kappa shape index (κ1) is 28.7. The lowest BCUT2D eigenvalue weighted by molar-refractivity contribution is 0.617. The predicted molar refractivity (Wildman–Crippen MR) is 212 cm³/mol. The molecule has 244 valence electrons. The molecule has 0 amide bonds. The highest BCUT2D eigenvalue weighted by atomic mass is 16.4. The first-order valence-corrected chi connectivity index (χ1v) is 17.4. The molecule has 11 aromatic rings. The molecule has 5 heteroatoms. The third-order valence-electron chi connectivity index (χ3n) is 10.1. The summed E-state index contributed by atoms with van der Waals surface area (Å²) in [5.74, 6) is 0.595. The second kappa shape index (κ2) is 11.2.